The molecule has 0 spiro atoms. The van der Waals surface area contributed by atoms with Crippen LogP contribution in [-0.2, 0) is 16.1 Å². The van der Waals surface area contributed by atoms with Crippen LogP contribution >= 0.6 is 23.2 Å². The zero-order chi connectivity index (χ0) is 20.7. The van der Waals surface area contributed by atoms with Crippen LogP contribution in [0.25, 0.3) is 0 Å². The molecule has 5 nitrogen and oxygen atoms in total. The van der Waals surface area contributed by atoms with E-state index in [0.717, 1.165) is 5.56 Å². The van der Waals surface area contributed by atoms with Crippen molar-refractivity contribution in [1.29, 1.82) is 0 Å². The molecule has 0 aliphatic heterocycles. The highest BCUT2D eigenvalue weighted by Crippen LogP contribution is 2.18. The fourth-order valence-electron chi connectivity index (χ4n) is 2.56. The van der Waals surface area contributed by atoms with Crippen molar-refractivity contribution in [2.24, 2.45) is 0 Å². The molecular formula is C21H24Cl2N2O3. The first-order chi connectivity index (χ1) is 13.3. The highest BCUT2D eigenvalue weighted by atomic mass is 35.5. The van der Waals surface area contributed by atoms with Crippen LogP contribution in [0.15, 0.2) is 48.5 Å². The van der Waals surface area contributed by atoms with E-state index in [1.807, 2.05) is 26.0 Å². The molecule has 7 heteroatoms. The van der Waals surface area contributed by atoms with Crippen molar-refractivity contribution in [2.75, 3.05) is 6.61 Å². The van der Waals surface area contributed by atoms with Crippen molar-refractivity contribution in [3.05, 3.63) is 64.1 Å². The van der Waals surface area contributed by atoms with Crippen LogP contribution in [0.4, 0.5) is 0 Å². The summed E-state index contributed by atoms with van der Waals surface area (Å²) in [6, 6.07) is 13.3. The molecule has 2 aromatic carbocycles. The van der Waals surface area contributed by atoms with Crippen molar-refractivity contribution in [3.63, 3.8) is 0 Å². The molecule has 0 aliphatic carbocycles. The summed E-state index contributed by atoms with van der Waals surface area (Å²) in [5.74, 6) is -0.0343. The highest BCUT2D eigenvalue weighted by Gasteiger charge is 2.26. The summed E-state index contributed by atoms with van der Waals surface area (Å²) in [5.41, 5.74) is 0.865. The molecule has 2 amide bonds. The molecule has 2 aromatic rings. The van der Waals surface area contributed by atoms with E-state index >= 15 is 0 Å². The summed E-state index contributed by atoms with van der Waals surface area (Å²) in [7, 11) is 0. The van der Waals surface area contributed by atoms with Gasteiger partial charge in [-0.25, -0.2) is 0 Å². The smallest absolute Gasteiger partial charge is 0.261 e. The lowest BCUT2D eigenvalue weighted by Gasteiger charge is -2.29. The monoisotopic (exact) mass is 422 g/mol. The van der Waals surface area contributed by atoms with Crippen molar-refractivity contribution in [3.8, 4) is 5.75 Å². The van der Waals surface area contributed by atoms with Crippen LogP contribution in [0, 0.1) is 0 Å². The largest absolute Gasteiger partial charge is 0.484 e. The first-order valence-corrected chi connectivity index (χ1v) is 9.74. The molecular weight excluding hydrogens is 399 g/mol. The second-order valence-electron chi connectivity index (χ2n) is 6.73. The number of carbonyl (C=O) groups is 2. The minimum absolute atomic E-state index is 0.0230. The summed E-state index contributed by atoms with van der Waals surface area (Å²) in [6.07, 6.45) is 0. The average Bonchev–Trinajstić information content (AvgIpc) is 2.64. The van der Waals surface area contributed by atoms with Gasteiger partial charge in [0.25, 0.3) is 5.91 Å². The van der Waals surface area contributed by atoms with Gasteiger partial charge in [0.15, 0.2) is 6.61 Å². The van der Waals surface area contributed by atoms with Crippen molar-refractivity contribution in [2.45, 2.75) is 39.4 Å². The number of rotatable bonds is 8. The van der Waals surface area contributed by atoms with Crippen LogP contribution in [0.3, 0.4) is 0 Å². The second-order valence-corrected chi connectivity index (χ2v) is 7.61. The number of nitrogens with one attached hydrogen (secondary N) is 1. The molecule has 0 fully saturated rings. The molecule has 150 valence electrons. The Morgan fingerprint density at radius 2 is 1.71 bits per heavy atom. The Morgan fingerprint density at radius 1 is 1.04 bits per heavy atom. The zero-order valence-corrected chi connectivity index (χ0v) is 17.6. The Kier molecular flexibility index (Phi) is 8.15. The first kappa shape index (κ1) is 22.1. The maximum atomic E-state index is 12.9. The third-order valence-corrected chi connectivity index (χ3v) is 4.51. The van der Waals surface area contributed by atoms with Crippen molar-refractivity contribution >= 4 is 35.0 Å². The van der Waals surface area contributed by atoms with Gasteiger partial charge in [-0.05, 0) is 56.7 Å². The number of carbonyl (C=O) groups excluding carboxylic acids is 2. The molecule has 2 rings (SSSR count). The summed E-state index contributed by atoms with van der Waals surface area (Å²) in [4.78, 5) is 26.8. The Morgan fingerprint density at radius 3 is 2.32 bits per heavy atom. The molecule has 0 radical (unpaired) electrons. The predicted molar refractivity (Wildman–Crippen MR) is 112 cm³/mol. The van der Waals surface area contributed by atoms with Gasteiger partial charge in [-0.15, -0.1) is 0 Å². The van der Waals surface area contributed by atoms with Gasteiger partial charge in [-0.3, -0.25) is 9.59 Å². The van der Waals surface area contributed by atoms with Gasteiger partial charge >= 0.3 is 0 Å². The third kappa shape index (κ3) is 6.73. The molecule has 0 aliphatic rings. The normalized spacial score (nSPS) is 11.8. The molecule has 28 heavy (non-hydrogen) atoms. The molecule has 1 N–H and O–H groups in total. The van der Waals surface area contributed by atoms with Crippen LogP contribution in [0.5, 0.6) is 5.75 Å². The molecule has 1 unspecified atom stereocenters. The van der Waals surface area contributed by atoms with Crippen molar-refractivity contribution < 1.29 is 14.3 Å². The van der Waals surface area contributed by atoms with Gasteiger partial charge in [0, 0.05) is 22.6 Å². The van der Waals surface area contributed by atoms with Crippen LogP contribution < -0.4 is 10.1 Å². The molecule has 0 aromatic heterocycles. The van der Waals surface area contributed by atoms with Gasteiger partial charge in [-0.2, -0.15) is 0 Å². The number of amides is 2. The first-order valence-electron chi connectivity index (χ1n) is 8.99. The number of hydrogen-bond acceptors (Lipinski definition) is 3. The topological polar surface area (TPSA) is 58.6 Å². The maximum absolute atomic E-state index is 12.9. The number of hydrogen-bond donors (Lipinski definition) is 1. The van der Waals surface area contributed by atoms with Gasteiger partial charge in [0.2, 0.25) is 5.91 Å². The number of nitrogens with zero attached hydrogens (tertiary/aromatic N) is 1. The summed E-state index contributed by atoms with van der Waals surface area (Å²) in [5, 5.41) is 3.97. The maximum Gasteiger partial charge on any atom is 0.261 e. The lowest BCUT2D eigenvalue weighted by atomic mass is 10.1. The van der Waals surface area contributed by atoms with Gasteiger partial charge in [0.05, 0.1) is 0 Å². The minimum atomic E-state index is -0.659. The van der Waals surface area contributed by atoms with E-state index in [1.165, 1.54) is 4.90 Å². The standard InChI is InChI=1S/C21H24Cl2N2O3/c1-14(2)24-21(27)15(3)25(12-16-7-9-17(22)10-8-16)20(26)13-28-19-6-4-5-18(23)11-19/h4-11,14-15H,12-13H2,1-3H3,(H,24,27). The number of ether oxygens (including phenoxy) is 1. The Bertz CT molecular complexity index is 810. The van der Waals surface area contributed by atoms with Crippen molar-refractivity contribution in [1.82, 2.24) is 10.2 Å². The Balaban J connectivity index is 2.14. The molecule has 0 saturated heterocycles. The van der Waals surface area contributed by atoms with E-state index in [4.69, 9.17) is 27.9 Å². The van der Waals surface area contributed by atoms with E-state index in [2.05, 4.69) is 5.32 Å². The van der Waals surface area contributed by atoms with E-state index in [9.17, 15) is 9.59 Å². The molecule has 0 bridgehead atoms. The predicted octanol–water partition coefficient (Wildman–Crippen LogP) is 4.31. The van der Waals surface area contributed by atoms with Crippen LogP contribution in [0.2, 0.25) is 10.0 Å². The molecule has 0 heterocycles. The zero-order valence-electron chi connectivity index (χ0n) is 16.1. The van der Waals surface area contributed by atoms with E-state index < -0.39 is 6.04 Å². The highest BCUT2D eigenvalue weighted by molar-refractivity contribution is 6.30. The quantitative estimate of drug-likeness (QED) is 0.688. The number of halogens is 2. The third-order valence-electron chi connectivity index (χ3n) is 4.02. The Hall–Kier alpha value is -2.24. The Labute approximate surface area is 175 Å². The van der Waals surface area contributed by atoms with Gasteiger partial charge in [0.1, 0.15) is 11.8 Å². The van der Waals surface area contributed by atoms with Crippen LogP contribution in [0.1, 0.15) is 26.3 Å². The van der Waals surface area contributed by atoms with Gasteiger partial charge in [-0.1, -0.05) is 41.4 Å². The van der Waals surface area contributed by atoms with Gasteiger partial charge < -0.3 is 15.0 Å². The van der Waals surface area contributed by atoms with E-state index in [0.29, 0.717) is 15.8 Å². The summed E-state index contributed by atoms with van der Waals surface area (Å²) in [6.45, 7) is 5.51. The van der Waals surface area contributed by atoms with Crippen LogP contribution in [-0.4, -0.2) is 35.4 Å². The summed E-state index contributed by atoms with van der Waals surface area (Å²) >= 11 is 11.9. The SMILES string of the molecule is CC(C)NC(=O)C(C)N(Cc1ccc(Cl)cc1)C(=O)COc1cccc(Cl)c1. The fraction of sp³-hybridized carbons (Fsp3) is 0.333. The van der Waals surface area contributed by atoms with E-state index in [1.54, 1.807) is 43.3 Å². The minimum Gasteiger partial charge on any atom is -0.484 e. The molecule has 0 saturated carbocycles. The lowest BCUT2D eigenvalue weighted by Crippen LogP contribution is -2.50. The number of benzene rings is 2. The lowest BCUT2D eigenvalue weighted by molar-refractivity contribution is -0.142. The van der Waals surface area contributed by atoms with E-state index in [-0.39, 0.29) is 31.0 Å². The molecule has 1 atom stereocenters. The fourth-order valence-corrected chi connectivity index (χ4v) is 2.87. The average molecular weight is 423 g/mol. The second kappa shape index (κ2) is 10.3. The summed E-state index contributed by atoms with van der Waals surface area (Å²) < 4.78 is 5.57.